The number of carbonyl (C=O) groups excluding carboxylic acids is 1. The monoisotopic (exact) mass is 317 g/mol. The molecule has 2 rings (SSSR count). The van der Waals surface area contributed by atoms with Gasteiger partial charge in [-0.15, -0.1) is 0 Å². The molecule has 0 saturated carbocycles. The van der Waals surface area contributed by atoms with Crippen LogP contribution in [-0.2, 0) is 6.54 Å². The highest BCUT2D eigenvalue weighted by Crippen LogP contribution is 2.18. The van der Waals surface area contributed by atoms with Crippen molar-refractivity contribution in [3.8, 4) is 0 Å². The standard InChI is InChI=1S/C16H16BrNO/c1-12-7-9-13(10-8-12)11-18(2)16(19)14-5-3-4-6-15(14)17/h3-10H,11H2,1-2H3. The molecule has 0 spiro atoms. The second-order valence-corrected chi connectivity index (χ2v) is 5.48. The molecule has 0 atom stereocenters. The molecule has 0 heterocycles. The molecule has 0 aliphatic heterocycles. The molecular weight excluding hydrogens is 302 g/mol. The molecule has 2 nitrogen and oxygen atoms in total. The van der Waals surface area contributed by atoms with E-state index in [-0.39, 0.29) is 5.91 Å². The lowest BCUT2D eigenvalue weighted by Crippen LogP contribution is -2.26. The Morgan fingerprint density at radius 2 is 1.74 bits per heavy atom. The number of aryl methyl sites for hydroxylation is 1. The van der Waals surface area contributed by atoms with E-state index in [4.69, 9.17) is 0 Å². The van der Waals surface area contributed by atoms with Crippen molar-refractivity contribution in [2.75, 3.05) is 7.05 Å². The lowest BCUT2D eigenvalue weighted by Gasteiger charge is -2.18. The van der Waals surface area contributed by atoms with Gasteiger partial charge < -0.3 is 4.90 Å². The Hall–Kier alpha value is -1.61. The van der Waals surface area contributed by atoms with Gasteiger partial charge in [-0.3, -0.25) is 4.79 Å². The number of rotatable bonds is 3. The number of nitrogens with zero attached hydrogens (tertiary/aromatic N) is 1. The third-order valence-electron chi connectivity index (χ3n) is 2.99. The van der Waals surface area contributed by atoms with Gasteiger partial charge in [0.2, 0.25) is 0 Å². The molecule has 0 aliphatic rings. The van der Waals surface area contributed by atoms with Gasteiger partial charge in [-0.2, -0.15) is 0 Å². The minimum atomic E-state index is 0.0213. The van der Waals surface area contributed by atoms with Gasteiger partial charge >= 0.3 is 0 Å². The SMILES string of the molecule is Cc1ccc(CN(C)C(=O)c2ccccc2Br)cc1. The number of benzene rings is 2. The zero-order valence-electron chi connectivity index (χ0n) is 11.1. The van der Waals surface area contributed by atoms with Gasteiger partial charge in [0.05, 0.1) is 5.56 Å². The van der Waals surface area contributed by atoms with Crippen molar-refractivity contribution >= 4 is 21.8 Å². The summed E-state index contributed by atoms with van der Waals surface area (Å²) in [4.78, 5) is 14.1. The van der Waals surface area contributed by atoms with Crippen LogP contribution in [0.25, 0.3) is 0 Å². The minimum absolute atomic E-state index is 0.0213. The molecule has 0 saturated heterocycles. The van der Waals surface area contributed by atoms with E-state index < -0.39 is 0 Å². The molecule has 19 heavy (non-hydrogen) atoms. The Labute approximate surface area is 122 Å². The van der Waals surface area contributed by atoms with Crippen LogP contribution in [0.2, 0.25) is 0 Å². The molecule has 0 unspecified atom stereocenters. The normalized spacial score (nSPS) is 10.3. The van der Waals surface area contributed by atoms with E-state index in [0.29, 0.717) is 12.1 Å². The Morgan fingerprint density at radius 1 is 1.11 bits per heavy atom. The first-order valence-corrected chi connectivity index (χ1v) is 6.93. The Morgan fingerprint density at radius 3 is 2.37 bits per heavy atom. The van der Waals surface area contributed by atoms with Crippen LogP contribution < -0.4 is 0 Å². The van der Waals surface area contributed by atoms with Crippen molar-refractivity contribution < 1.29 is 4.79 Å². The van der Waals surface area contributed by atoms with Crippen molar-refractivity contribution in [3.05, 3.63) is 69.7 Å². The fraction of sp³-hybridized carbons (Fsp3) is 0.188. The third-order valence-corrected chi connectivity index (χ3v) is 3.68. The summed E-state index contributed by atoms with van der Waals surface area (Å²) < 4.78 is 0.829. The van der Waals surface area contributed by atoms with E-state index in [1.54, 1.807) is 4.90 Å². The van der Waals surface area contributed by atoms with Gasteiger partial charge in [-0.05, 0) is 40.5 Å². The topological polar surface area (TPSA) is 20.3 Å². The molecule has 2 aromatic carbocycles. The van der Waals surface area contributed by atoms with Crippen LogP contribution in [0.1, 0.15) is 21.5 Å². The van der Waals surface area contributed by atoms with E-state index in [2.05, 4.69) is 47.1 Å². The van der Waals surface area contributed by atoms with Crippen LogP contribution in [0, 0.1) is 6.92 Å². The lowest BCUT2D eigenvalue weighted by atomic mass is 10.1. The van der Waals surface area contributed by atoms with Crippen molar-refractivity contribution in [1.82, 2.24) is 4.90 Å². The predicted molar refractivity (Wildman–Crippen MR) is 81.1 cm³/mol. The van der Waals surface area contributed by atoms with Gasteiger partial charge in [-0.25, -0.2) is 0 Å². The predicted octanol–water partition coefficient (Wildman–Crippen LogP) is 4.03. The quantitative estimate of drug-likeness (QED) is 0.837. The van der Waals surface area contributed by atoms with Crippen molar-refractivity contribution in [3.63, 3.8) is 0 Å². The zero-order chi connectivity index (χ0) is 13.8. The molecule has 3 heteroatoms. The largest absolute Gasteiger partial charge is 0.337 e. The number of carbonyl (C=O) groups is 1. The molecule has 2 aromatic rings. The highest BCUT2D eigenvalue weighted by molar-refractivity contribution is 9.10. The van der Waals surface area contributed by atoms with Gasteiger partial charge in [-0.1, -0.05) is 42.0 Å². The van der Waals surface area contributed by atoms with Crippen LogP contribution in [0.5, 0.6) is 0 Å². The summed E-state index contributed by atoms with van der Waals surface area (Å²) in [6.45, 7) is 2.67. The van der Waals surface area contributed by atoms with E-state index >= 15 is 0 Å². The number of hydrogen-bond donors (Lipinski definition) is 0. The maximum Gasteiger partial charge on any atom is 0.255 e. The molecular formula is C16H16BrNO. The van der Waals surface area contributed by atoms with Gasteiger partial charge in [0.15, 0.2) is 0 Å². The first kappa shape index (κ1) is 13.8. The lowest BCUT2D eigenvalue weighted by molar-refractivity contribution is 0.0784. The van der Waals surface area contributed by atoms with Gasteiger partial charge in [0, 0.05) is 18.1 Å². The molecule has 0 N–H and O–H groups in total. The number of halogens is 1. The Kier molecular flexibility index (Phi) is 4.38. The van der Waals surface area contributed by atoms with Crippen molar-refractivity contribution in [2.45, 2.75) is 13.5 Å². The smallest absolute Gasteiger partial charge is 0.255 e. The van der Waals surface area contributed by atoms with Gasteiger partial charge in [0.1, 0.15) is 0 Å². The van der Waals surface area contributed by atoms with Crippen LogP contribution in [-0.4, -0.2) is 17.9 Å². The van der Waals surface area contributed by atoms with Crippen LogP contribution in [0.4, 0.5) is 0 Å². The van der Waals surface area contributed by atoms with Crippen molar-refractivity contribution in [1.29, 1.82) is 0 Å². The third kappa shape index (κ3) is 3.44. The zero-order valence-corrected chi connectivity index (χ0v) is 12.6. The van der Waals surface area contributed by atoms with Gasteiger partial charge in [0.25, 0.3) is 5.91 Å². The highest BCUT2D eigenvalue weighted by atomic mass is 79.9. The molecule has 0 bridgehead atoms. The maximum atomic E-state index is 12.3. The summed E-state index contributed by atoms with van der Waals surface area (Å²) in [6.07, 6.45) is 0. The van der Waals surface area contributed by atoms with Crippen LogP contribution >= 0.6 is 15.9 Å². The second kappa shape index (κ2) is 6.02. The summed E-state index contributed by atoms with van der Waals surface area (Å²) in [7, 11) is 1.82. The average Bonchev–Trinajstić information content (AvgIpc) is 2.41. The molecule has 1 amide bonds. The summed E-state index contributed by atoms with van der Waals surface area (Å²) in [5.41, 5.74) is 3.05. The number of hydrogen-bond acceptors (Lipinski definition) is 1. The van der Waals surface area contributed by atoms with Crippen molar-refractivity contribution in [2.24, 2.45) is 0 Å². The molecule has 0 radical (unpaired) electrons. The summed E-state index contributed by atoms with van der Waals surface area (Å²) in [5.74, 6) is 0.0213. The first-order valence-electron chi connectivity index (χ1n) is 6.13. The Balaban J connectivity index is 2.12. The van der Waals surface area contributed by atoms with Crippen LogP contribution in [0.15, 0.2) is 53.0 Å². The average molecular weight is 318 g/mol. The highest BCUT2D eigenvalue weighted by Gasteiger charge is 2.14. The molecule has 0 aliphatic carbocycles. The fourth-order valence-corrected chi connectivity index (χ4v) is 2.33. The van der Waals surface area contributed by atoms with E-state index in [1.165, 1.54) is 5.56 Å². The summed E-state index contributed by atoms with van der Waals surface area (Å²) in [6, 6.07) is 15.7. The van der Waals surface area contributed by atoms with E-state index in [9.17, 15) is 4.79 Å². The summed E-state index contributed by atoms with van der Waals surface area (Å²) in [5, 5.41) is 0. The van der Waals surface area contributed by atoms with Crippen LogP contribution in [0.3, 0.4) is 0 Å². The minimum Gasteiger partial charge on any atom is -0.337 e. The fourth-order valence-electron chi connectivity index (χ4n) is 1.88. The molecule has 0 aromatic heterocycles. The maximum absolute atomic E-state index is 12.3. The van der Waals surface area contributed by atoms with E-state index in [1.807, 2.05) is 31.3 Å². The van der Waals surface area contributed by atoms with E-state index in [0.717, 1.165) is 10.0 Å². The number of amides is 1. The second-order valence-electron chi connectivity index (χ2n) is 4.63. The molecule has 0 fully saturated rings. The Bertz CT molecular complexity index is 578. The summed E-state index contributed by atoms with van der Waals surface area (Å²) >= 11 is 3.41. The molecule has 98 valence electrons. The first-order chi connectivity index (χ1) is 9.08.